The Hall–Kier alpha value is -0.520. The number of rotatable bonds is 2. The molecule has 0 saturated carbocycles. The third kappa shape index (κ3) is 1.50. The second kappa shape index (κ2) is 3.05. The van der Waals surface area contributed by atoms with Crippen molar-refractivity contribution in [3.8, 4) is 0 Å². The highest BCUT2D eigenvalue weighted by molar-refractivity contribution is 5.08. The van der Waals surface area contributed by atoms with Crippen LogP contribution in [0.15, 0.2) is 24.8 Å². The molecule has 0 aromatic heterocycles. The minimum atomic E-state index is 0.646. The Morgan fingerprint density at radius 1 is 1.50 bits per heavy atom. The molecule has 56 valence electrons. The second-order valence-electron chi connectivity index (χ2n) is 3.43. The monoisotopic (exact) mass is 136 g/mol. The van der Waals surface area contributed by atoms with E-state index in [0.717, 1.165) is 11.8 Å². The summed E-state index contributed by atoms with van der Waals surface area (Å²) in [6, 6.07) is 0. The third-order valence-electron chi connectivity index (χ3n) is 2.31. The molecule has 0 fully saturated rings. The predicted molar refractivity (Wildman–Crippen MR) is 45.8 cm³/mol. The zero-order valence-electron chi connectivity index (χ0n) is 6.88. The van der Waals surface area contributed by atoms with E-state index in [4.69, 9.17) is 0 Å². The summed E-state index contributed by atoms with van der Waals surface area (Å²) >= 11 is 0. The van der Waals surface area contributed by atoms with Crippen LogP contribution in [0, 0.1) is 17.8 Å². The van der Waals surface area contributed by atoms with Crippen LogP contribution in [0.1, 0.15) is 20.3 Å². The smallest absolute Gasteiger partial charge is 0.00504 e. The molecule has 0 spiro atoms. The highest BCUT2D eigenvalue weighted by atomic mass is 14.2. The Morgan fingerprint density at radius 2 is 2.20 bits per heavy atom. The Kier molecular flexibility index (Phi) is 2.31. The summed E-state index contributed by atoms with van der Waals surface area (Å²) in [5.41, 5.74) is 0. The molecule has 2 unspecified atom stereocenters. The molecule has 0 radical (unpaired) electrons. The van der Waals surface area contributed by atoms with Gasteiger partial charge in [-0.15, -0.1) is 6.58 Å². The molecule has 0 N–H and O–H groups in total. The van der Waals surface area contributed by atoms with Crippen molar-refractivity contribution in [2.45, 2.75) is 20.3 Å². The van der Waals surface area contributed by atoms with Crippen molar-refractivity contribution >= 4 is 0 Å². The lowest BCUT2D eigenvalue weighted by molar-refractivity contribution is 0.437. The molecule has 0 aromatic rings. The van der Waals surface area contributed by atoms with Gasteiger partial charge in [-0.05, 0) is 24.2 Å². The molecule has 1 rings (SSSR count). The van der Waals surface area contributed by atoms with Crippen molar-refractivity contribution in [2.24, 2.45) is 17.8 Å². The van der Waals surface area contributed by atoms with Crippen molar-refractivity contribution in [1.82, 2.24) is 0 Å². The normalized spacial score (nSPS) is 31.5. The quantitative estimate of drug-likeness (QED) is 0.512. The lowest BCUT2D eigenvalue weighted by Gasteiger charge is -2.12. The summed E-state index contributed by atoms with van der Waals surface area (Å²) in [6.45, 7) is 8.34. The minimum absolute atomic E-state index is 0.646. The van der Waals surface area contributed by atoms with Crippen LogP contribution in [0.2, 0.25) is 0 Å². The van der Waals surface area contributed by atoms with Gasteiger partial charge in [0, 0.05) is 0 Å². The first-order valence-electron chi connectivity index (χ1n) is 4.05. The molecule has 0 heterocycles. The van der Waals surface area contributed by atoms with Gasteiger partial charge < -0.3 is 0 Å². The van der Waals surface area contributed by atoms with Gasteiger partial charge in [0.05, 0.1) is 0 Å². The van der Waals surface area contributed by atoms with Gasteiger partial charge in [-0.25, -0.2) is 0 Å². The minimum Gasteiger partial charge on any atom is -0.102 e. The average molecular weight is 136 g/mol. The molecule has 10 heavy (non-hydrogen) atoms. The Balaban J connectivity index is 2.45. The van der Waals surface area contributed by atoms with E-state index in [9.17, 15) is 0 Å². The maximum atomic E-state index is 3.79. The summed E-state index contributed by atoms with van der Waals surface area (Å²) < 4.78 is 0. The third-order valence-corrected chi connectivity index (χ3v) is 2.31. The van der Waals surface area contributed by atoms with Crippen molar-refractivity contribution in [2.75, 3.05) is 0 Å². The highest BCUT2D eigenvalue weighted by Gasteiger charge is 2.18. The molecule has 2 atom stereocenters. The summed E-state index contributed by atoms with van der Waals surface area (Å²) in [5.74, 6) is 2.23. The first kappa shape index (κ1) is 7.59. The van der Waals surface area contributed by atoms with Crippen LogP contribution in [-0.4, -0.2) is 0 Å². The van der Waals surface area contributed by atoms with E-state index in [1.165, 1.54) is 6.42 Å². The number of hydrogen-bond donors (Lipinski definition) is 0. The lowest BCUT2D eigenvalue weighted by Crippen LogP contribution is -2.03. The Bertz CT molecular complexity index is 142. The number of allylic oxidation sites excluding steroid dienone is 3. The van der Waals surface area contributed by atoms with E-state index >= 15 is 0 Å². The first-order valence-corrected chi connectivity index (χ1v) is 4.05. The van der Waals surface area contributed by atoms with Gasteiger partial charge in [0.1, 0.15) is 0 Å². The Labute approximate surface area is 63.6 Å². The fourth-order valence-electron chi connectivity index (χ4n) is 1.43. The van der Waals surface area contributed by atoms with Crippen LogP contribution in [0.4, 0.5) is 0 Å². The van der Waals surface area contributed by atoms with Gasteiger partial charge in [0.15, 0.2) is 0 Å². The SMILES string of the molecule is C=CC1C=CC(C(C)C)C1. The standard InChI is InChI=1S/C10H16/c1-4-9-5-6-10(7-9)8(2)3/h4-6,8-10H,1,7H2,2-3H3. The van der Waals surface area contributed by atoms with Crippen LogP contribution in [0.5, 0.6) is 0 Å². The van der Waals surface area contributed by atoms with E-state index in [2.05, 4.69) is 32.6 Å². The topological polar surface area (TPSA) is 0 Å². The largest absolute Gasteiger partial charge is 0.102 e. The van der Waals surface area contributed by atoms with E-state index in [-0.39, 0.29) is 0 Å². The van der Waals surface area contributed by atoms with E-state index in [1.54, 1.807) is 0 Å². The molecule has 0 amide bonds. The van der Waals surface area contributed by atoms with E-state index < -0.39 is 0 Å². The van der Waals surface area contributed by atoms with E-state index in [0.29, 0.717) is 5.92 Å². The molecular weight excluding hydrogens is 120 g/mol. The molecule has 0 aromatic carbocycles. The maximum Gasteiger partial charge on any atom is -0.00504 e. The maximum absolute atomic E-state index is 3.79. The second-order valence-corrected chi connectivity index (χ2v) is 3.43. The lowest BCUT2D eigenvalue weighted by atomic mass is 9.93. The molecule has 0 nitrogen and oxygen atoms in total. The summed E-state index contributed by atoms with van der Waals surface area (Å²) in [6.07, 6.45) is 7.93. The van der Waals surface area contributed by atoms with Crippen LogP contribution in [0.3, 0.4) is 0 Å². The fourth-order valence-corrected chi connectivity index (χ4v) is 1.43. The first-order chi connectivity index (χ1) is 4.74. The Morgan fingerprint density at radius 3 is 2.50 bits per heavy atom. The zero-order valence-corrected chi connectivity index (χ0v) is 6.88. The van der Waals surface area contributed by atoms with Crippen LogP contribution >= 0.6 is 0 Å². The summed E-state index contributed by atoms with van der Waals surface area (Å²) in [7, 11) is 0. The zero-order chi connectivity index (χ0) is 7.56. The highest BCUT2D eigenvalue weighted by Crippen LogP contribution is 2.29. The van der Waals surface area contributed by atoms with Crippen molar-refractivity contribution in [3.63, 3.8) is 0 Å². The van der Waals surface area contributed by atoms with Crippen molar-refractivity contribution < 1.29 is 0 Å². The summed E-state index contributed by atoms with van der Waals surface area (Å²) in [4.78, 5) is 0. The van der Waals surface area contributed by atoms with Crippen LogP contribution in [-0.2, 0) is 0 Å². The molecule has 1 aliphatic rings. The van der Waals surface area contributed by atoms with Gasteiger partial charge in [0.2, 0.25) is 0 Å². The average Bonchev–Trinajstić information content (AvgIpc) is 2.34. The fraction of sp³-hybridized carbons (Fsp3) is 0.600. The molecule has 1 aliphatic carbocycles. The van der Waals surface area contributed by atoms with Gasteiger partial charge in [-0.3, -0.25) is 0 Å². The molecule has 0 aliphatic heterocycles. The molecular formula is C10H16. The van der Waals surface area contributed by atoms with Gasteiger partial charge in [-0.2, -0.15) is 0 Å². The van der Waals surface area contributed by atoms with Gasteiger partial charge in [-0.1, -0.05) is 32.1 Å². The van der Waals surface area contributed by atoms with Crippen LogP contribution < -0.4 is 0 Å². The molecule has 0 saturated heterocycles. The molecule has 0 bridgehead atoms. The predicted octanol–water partition coefficient (Wildman–Crippen LogP) is 3.02. The van der Waals surface area contributed by atoms with E-state index in [1.807, 2.05) is 6.08 Å². The van der Waals surface area contributed by atoms with Gasteiger partial charge >= 0.3 is 0 Å². The molecule has 0 heteroatoms. The summed E-state index contributed by atoms with van der Waals surface area (Å²) in [5, 5.41) is 0. The van der Waals surface area contributed by atoms with Crippen LogP contribution in [0.25, 0.3) is 0 Å². The van der Waals surface area contributed by atoms with Crippen molar-refractivity contribution in [3.05, 3.63) is 24.8 Å². The number of hydrogen-bond acceptors (Lipinski definition) is 0. The van der Waals surface area contributed by atoms with Gasteiger partial charge in [0.25, 0.3) is 0 Å². The van der Waals surface area contributed by atoms with Crippen molar-refractivity contribution in [1.29, 1.82) is 0 Å².